The third-order valence-electron chi connectivity index (χ3n) is 4.02. The van der Waals surface area contributed by atoms with E-state index < -0.39 is 0 Å². The minimum absolute atomic E-state index is 0.214. The van der Waals surface area contributed by atoms with Crippen LogP contribution in [-0.2, 0) is 4.79 Å². The molecule has 0 aliphatic rings. The molecule has 128 valence electrons. The summed E-state index contributed by atoms with van der Waals surface area (Å²) in [7, 11) is 0. The highest BCUT2D eigenvalue weighted by molar-refractivity contribution is 5.80. The minimum atomic E-state index is 0.214. The molecule has 0 aromatic heterocycles. The average molecular weight is 307 g/mol. The van der Waals surface area contributed by atoms with Gasteiger partial charge in [-0.15, -0.1) is 0 Å². The van der Waals surface area contributed by atoms with E-state index in [1.807, 2.05) is 13.8 Å². The average Bonchev–Trinajstić information content (AvgIpc) is 2.50. The summed E-state index contributed by atoms with van der Waals surface area (Å²) >= 11 is 0. The van der Waals surface area contributed by atoms with Gasteiger partial charge in [-0.2, -0.15) is 0 Å². The zero-order valence-electron chi connectivity index (χ0n) is 15.3. The molecular formula is C21H38O. The maximum absolute atomic E-state index is 11.5. The molecule has 0 bridgehead atoms. The number of unbranched alkanes of at least 4 members (excludes halogenated alkanes) is 8. The molecule has 1 heteroatoms. The van der Waals surface area contributed by atoms with Crippen molar-refractivity contribution in [1.29, 1.82) is 0 Å². The van der Waals surface area contributed by atoms with Crippen LogP contribution in [0.25, 0.3) is 0 Å². The molecule has 0 aromatic carbocycles. The Bertz CT molecular complexity index is 299. The first kappa shape index (κ1) is 21.1. The van der Waals surface area contributed by atoms with Crippen LogP contribution in [0.5, 0.6) is 0 Å². The first-order valence-corrected chi connectivity index (χ1v) is 9.51. The highest BCUT2D eigenvalue weighted by Crippen LogP contribution is 2.10. The van der Waals surface area contributed by atoms with Crippen molar-refractivity contribution in [3.63, 3.8) is 0 Å². The van der Waals surface area contributed by atoms with Gasteiger partial charge < -0.3 is 0 Å². The molecule has 0 fully saturated rings. The van der Waals surface area contributed by atoms with E-state index >= 15 is 0 Å². The lowest BCUT2D eigenvalue weighted by atomic mass is 10.0. The highest BCUT2D eigenvalue weighted by Gasteiger charge is 2.05. The zero-order chi connectivity index (χ0) is 16.5. The number of allylic oxidation sites excluding steroid dienone is 4. The van der Waals surface area contributed by atoms with Gasteiger partial charge in [-0.05, 0) is 38.5 Å². The van der Waals surface area contributed by atoms with E-state index in [9.17, 15) is 4.79 Å². The predicted molar refractivity (Wildman–Crippen MR) is 99.2 cm³/mol. The van der Waals surface area contributed by atoms with Gasteiger partial charge in [0.25, 0.3) is 0 Å². The van der Waals surface area contributed by atoms with Crippen LogP contribution in [0.15, 0.2) is 24.3 Å². The second-order valence-corrected chi connectivity index (χ2v) is 6.60. The first-order valence-electron chi connectivity index (χ1n) is 9.51. The van der Waals surface area contributed by atoms with Gasteiger partial charge in [-0.1, -0.05) is 77.2 Å². The van der Waals surface area contributed by atoms with Crippen molar-refractivity contribution < 1.29 is 4.79 Å². The van der Waals surface area contributed by atoms with Crippen LogP contribution in [-0.4, -0.2) is 5.78 Å². The summed E-state index contributed by atoms with van der Waals surface area (Å²) in [6.45, 7) is 6.24. The molecule has 22 heavy (non-hydrogen) atoms. The summed E-state index contributed by atoms with van der Waals surface area (Å²) in [5.74, 6) is 0.636. The molecule has 1 nitrogen and oxygen atoms in total. The molecule has 0 rings (SSSR count). The Morgan fingerprint density at radius 1 is 0.773 bits per heavy atom. The number of Topliss-reactive ketones (excluding diaryl/α,β-unsaturated/α-hetero) is 1. The maximum Gasteiger partial charge on any atom is 0.135 e. The summed E-state index contributed by atoms with van der Waals surface area (Å²) in [6, 6.07) is 0. The van der Waals surface area contributed by atoms with Crippen LogP contribution in [0, 0.1) is 5.92 Å². The summed E-state index contributed by atoms with van der Waals surface area (Å²) in [4.78, 5) is 11.5. The van der Waals surface area contributed by atoms with Gasteiger partial charge in [0.05, 0.1) is 0 Å². The summed E-state index contributed by atoms with van der Waals surface area (Å²) in [5, 5.41) is 0. The van der Waals surface area contributed by atoms with Crippen LogP contribution in [0.1, 0.15) is 97.8 Å². The molecule has 0 amide bonds. The molecule has 0 aliphatic heterocycles. The van der Waals surface area contributed by atoms with Crippen LogP contribution < -0.4 is 0 Å². The molecular weight excluding hydrogens is 268 g/mol. The van der Waals surface area contributed by atoms with Gasteiger partial charge in [-0.25, -0.2) is 0 Å². The Morgan fingerprint density at radius 3 is 1.91 bits per heavy atom. The molecule has 0 aromatic rings. The fourth-order valence-electron chi connectivity index (χ4n) is 2.40. The molecule has 0 spiro atoms. The van der Waals surface area contributed by atoms with Gasteiger partial charge in [0.2, 0.25) is 0 Å². The van der Waals surface area contributed by atoms with Crippen molar-refractivity contribution in [2.75, 3.05) is 0 Å². The van der Waals surface area contributed by atoms with Crippen molar-refractivity contribution in [3.05, 3.63) is 24.3 Å². The monoisotopic (exact) mass is 306 g/mol. The minimum Gasteiger partial charge on any atom is -0.299 e. The number of hydrogen-bond acceptors (Lipinski definition) is 1. The van der Waals surface area contributed by atoms with E-state index in [1.165, 1.54) is 57.8 Å². The highest BCUT2D eigenvalue weighted by atomic mass is 16.1. The third-order valence-corrected chi connectivity index (χ3v) is 4.02. The molecule has 0 saturated heterocycles. The number of carbonyl (C=O) groups is 1. The van der Waals surface area contributed by atoms with Crippen molar-refractivity contribution in [3.8, 4) is 0 Å². The van der Waals surface area contributed by atoms with Crippen molar-refractivity contribution in [2.24, 2.45) is 5.92 Å². The van der Waals surface area contributed by atoms with Crippen molar-refractivity contribution >= 4 is 5.78 Å². The van der Waals surface area contributed by atoms with Crippen LogP contribution in [0.2, 0.25) is 0 Å². The zero-order valence-corrected chi connectivity index (χ0v) is 15.3. The largest absolute Gasteiger partial charge is 0.299 e. The lowest BCUT2D eigenvalue weighted by Crippen LogP contribution is -2.05. The Morgan fingerprint density at radius 2 is 1.32 bits per heavy atom. The smallest absolute Gasteiger partial charge is 0.135 e. The van der Waals surface area contributed by atoms with Crippen molar-refractivity contribution in [1.82, 2.24) is 0 Å². The second kappa shape index (κ2) is 16.5. The molecule has 0 atom stereocenters. The van der Waals surface area contributed by atoms with Crippen LogP contribution in [0.4, 0.5) is 0 Å². The quantitative estimate of drug-likeness (QED) is 0.234. The van der Waals surface area contributed by atoms with E-state index in [4.69, 9.17) is 0 Å². The summed E-state index contributed by atoms with van der Waals surface area (Å²) < 4.78 is 0. The number of carbonyl (C=O) groups excluding carboxylic acids is 1. The lowest BCUT2D eigenvalue weighted by molar-refractivity contribution is -0.122. The number of ketones is 1. The number of rotatable bonds is 15. The van der Waals surface area contributed by atoms with Crippen LogP contribution in [0.3, 0.4) is 0 Å². The maximum atomic E-state index is 11.5. The van der Waals surface area contributed by atoms with E-state index in [0.29, 0.717) is 5.78 Å². The SMILES string of the molecule is CCCCC/C=C\C/C=C\CCCCCCCC(=O)C(C)C. The normalized spacial score (nSPS) is 12.0. The van der Waals surface area contributed by atoms with Crippen LogP contribution >= 0.6 is 0 Å². The van der Waals surface area contributed by atoms with E-state index in [1.54, 1.807) is 0 Å². The summed E-state index contributed by atoms with van der Waals surface area (Å²) in [5.41, 5.74) is 0. The fourth-order valence-corrected chi connectivity index (χ4v) is 2.40. The van der Waals surface area contributed by atoms with Gasteiger partial charge in [0.15, 0.2) is 0 Å². The Balaban J connectivity index is 3.25. The predicted octanol–water partition coefficient (Wildman–Crippen LogP) is 7.03. The molecule has 0 heterocycles. The molecule has 0 N–H and O–H groups in total. The van der Waals surface area contributed by atoms with Gasteiger partial charge >= 0.3 is 0 Å². The standard InChI is InChI=1S/C21H38O/c1-4-5-6-7-8-9-10-11-12-13-14-15-16-17-18-19-21(22)20(2)3/h8-9,11-12,20H,4-7,10,13-19H2,1-3H3/b9-8-,12-11-. The van der Waals surface area contributed by atoms with Gasteiger partial charge in [-0.3, -0.25) is 4.79 Å². The molecule has 0 saturated carbocycles. The van der Waals surface area contributed by atoms with E-state index in [0.717, 1.165) is 19.3 Å². The fraction of sp³-hybridized carbons (Fsp3) is 0.762. The Kier molecular flexibility index (Phi) is 15.9. The second-order valence-electron chi connectivity index (χ2n) is 6.60. The van der Waals surface area contributed by atoms with E-state index in [-0.39, 0.29) is 5.92 Å². The number of hydrogen-bond donors (Lipinski definition) is 0. The first-order chi connectivity index (χ1) is 10.7. The van der Waals surface area contributed by atoms with Gasteiger partial charge in [0, 0.05) is 12.3 Å². The Labute approximate surface area is 139 Å². The molecule has 0 radical (unpaired) electrons. The molecule has 0 unspecified atom stereocenters. The van der Waals surface area contributed by atoms with Gasteiger partial charge in [0.1, 0.15) is 5.78 Å². The van der Waals surface area contributed by atoms with E-state index in [2.05, 4.69) is 31.2 Å². The summed E-state index contributed by atoms with van der Waals surface area (Å²) in [6.07, 6.45) is 23.7. The molecule has 0 aliphatic carbocycles. The topological polar surface area (TPSA) is 17.1 Å². The third kappa shape index (κ3) is 15.5. The Hall–Kier alpha value is -0.850. The van der Waals surface area contributed by atoms with Crippen molar-refractivity contribution in [2.45, 2.75) is 97.8 Å². The lowest BCUT2D eigenvalue weighted by Gasteiger charge is -2.03.